The molecule has 1 unspecified atom stereocenters. The third kappa shape index (κ3) is 5.38. The van der Waals surface area contributed by atoms with Crippen molar-refractivity contribution < 1.29 is 14.3 Å². The number of amides is 1. The van der Waals surface area contributed by atoms with Crippen LogP contribution in [0.25, 0.3) is 6.08 Å². The van der Waals surface area contributed by atoms with Gasteiger partial charge >= 0.3 is 5.97 Å². The summed E-state index contributed by atoms with van der Waals surface area (Å²) in [6, 6.07) is 7.15. The maximum atomic E-state index is 11.6. The average Bonchev–Trinajstić information content (AvgIpc) is 2.36. The molecule has 0 radical (unpaired) electrons. The van der Waals surface area contributed by atoms with Crippen molar-refractivity contribution in [2.24, 2.45) is 0 Å². The average molecular weight is 261 g/mol. The van der Waals surface area contributed by atoms with Gasteiger partial charge in [-0.25, -0.2) is 4.79 Å². The van der Waals surface area contributed by atoms with E-state index < -0.39 is 12.0 Å². The van der Waals surface area contributed by atoms with Crippen molar-refractivity contribution in [3.05, 3.63) is 41.5 Å². The monoisotopic (exact) mass is 261 g/mol. The number of carbonyl (C=O) groups excluding carboxylic acids is 2. The van der Waals surface area contributed by atoms with Gasteiger partial charge in [-0.2, -0.15) is 0 Å². The predicted molar refractivity (Wildman–Crippen MR) is 74.5 cm³/mol. The summed E-state index contributed by atoms with van der Waals surface area (Å²) < 4.78 is 4.81. The molecular weight excluding hydrogens is 242 g/mol. The van der Waals surface area contributed by atoms with E-state index in [2.05, 4.69) is 5.32 Å². The Balaban J connectivity index is 2.53. The number of benzene rings is 1. The molecule has 0 saturated heterocycles. The van der Waals surface area contributed by atoms with Gasteiger partial charge in [0.2, 0.25) is 5.91 Å². The van der Waals surface area contributed by atoms with E-state index in [9.17, 15) is 9.59 Å². The van der Waals surface area contributed by atoms with E-state index in [1.807, 2.05) is 31.2 Å². The van der Waals surface area contributed by atoms with Crippen LogP contribution < -0.4 is 5.32 Å². The molecule has 1 aromatic rings. The van der Waals surface area contributed by atoms with Crippen LogP contribution in [0.15, 0.2) is 30.3 Å². The zero-order valence-corrected chi connectivity index (χ0v) is 11.5. The quantitative estimate of drug-likeness (QED) is 0.652. The Kier molecular flexibility index (Phi) is 5.79. The van der Waals surface area contributed by atoms with Gasteiger partial charge in [-0.15, -0.1) is 0 Å². The third-order valence-corrected chi connectivity index (χ3v) is 2.47. The second kappa shape index (κ2) is 7.36. The summed E-state index contributed by atoms with van der Waals surface area (Å²) in [4.78, 5) is 23.0. The predicted octanol–water partition coefficient (Wildman–Crippen LogP) is 2.08. The molecule has 0 aromatic heterocycles. The van der Waals surface area contributed by atoms with E-state index in [4.69, 9.17) is 4.74 Å². The molecule has 1 amide bonds. The van der Waals surface area contributed by atoms with Crippen LogP contribution in [0.3, 0.4) is 0 Å². The van der Waals surface area contributed by atoms with E-state index in [1.54, 1.807) is 19.9 Å². The van der Waals surface area contributed by atoms with Gasteiger partial charge in [-0.05, 0) is 32.4 Å². The van der Waals surface area contributed by atoms with Crippen molar-refractivity contribution in [2.75, 3.05) is 6.61 Å². The first-order valence-corrected chi connectivity index (χ1v) is 6.24. The lowest BCUT2D eigenvalue weighted by molar-refractivity contribution is -0.146. The van der Waals surface area contributed by atoms with Crippen LogP contribution in [0.5, 0.6) is 0 Å². The van der Waals surface area contributed by atoms with Gasteiger partial charge in [0.05, 0.1) is 6.61 Å². The third-order valence-electron chi connectivity index (χ3n) is 2.47. The molecule has 0 aliphatic heterocycles. The van der Waals surface area contributed by atoms with Gasteiger partial charge < -0.3 is 10.1 Å². The lowest BCUT2D eigenvalue weighted by atomic mass is 10.1. The maximum absolute atomic E-state index is 11.6. The van der Waals surface area contributed by atoms with Gasteiger partial charge in [-0.1, -0.05) is 29.8 Å². The lowest BCUT2D eigenvalue weighted by Gasteiger charge is -2.10. The fourth-order valence-electron chi connectivity index (χ4n) is 1.53. The Morgan fingerprint density at radius 2 is 2.16 bits per heavy atom. The van der Waals surface area contributed by atoms with E-state index in [0.717, 1.165) is 11.1 Å². The molecule has 4 heteroatoms. The fourth-order valence-corrected chi connectivity index (χ4v) is 1.53. The van der Waals surface area contributed by atoms with Crippen molar-refractivity contribution >= 4 is 18.0 Å². The zero-order valence-electron chi connectivity index (χ0n) is 11.5. The normalized spacial score (nSPS) is 12.2. The summed E-state index contributed by atoms with van der Waals surface area (Å²) in [5.74, 6) is -0.748. The molecule has 0 bridgehead atoms. The summed E-state index contributed by atoms with van der Waals surface area (Å²) in [6.45, 7) is 5.61. The van der Waals surface area contributed by atoms with E-state index >= 15 is 0 Å². The molecule has 1 N–H and O–H groups in total. The number of hydrogen-bond donors (Lipinski definition) is 1. The first kappa shape index (κ1) is 15.0. The second-order valence-electron chi connectivity index (χ2n) is 4.23. The Hall–Kier alpha value is -2.10. The van der Waals surface area contributed by atoms with Crippen molar-refractivity contribution in [3.8, 4) is 0 Å². The highest BCUT2D eigenvalue weighted by atomic mass is 16.5. The van der Waals surface area contributed by atoms with Gasteiger partial charge in [0, 0.05) is 6.08 Å². The number of nitrogens with one attached hydrogen (secondary N) is 1. The maximum Gasteiger partial charge on any atom is 0.328 e. The molecule has 1 atom stereocenters. The van der Waals surface area contributed by atoms with Crippen LogP contribution in [-0.2, 0) is 14.3 Å². The van der Waals surface area contributed by atoms with Gasteiger partial charge in [-0.3, -0.25) is 4.79 Å². The number of aryl methyl sites for hydroxylation is 1. The molecule has 0 aliphatic carbocycles. The lowest BCUT2D eigenvalue weighted by Crippen LogP contribution is -2.38. The zero-order chi connectivity index (χ0) is 14.3. The highest BCUT2D eigenvalue weighted by Crippen LogP contribution is 2.05. The van der Waals surface area contributed by atoms with Crippen molar-refractivity contribution in [2.45, 2.75) is 26.8 Å². The highest BCUT2D eigenvalue weighted by Gasteiger charge is 2.14. The van der Waals surface area contributed by atoms with Crippen LogP contribution >= 0.6 is 0 Å². The SMILES string of the molecule is CCOC(=O)C(C)NC(=O)/C=C/c1cccc(C)c1. The van der Waals surface area contributed by atoms with Crippen LogP contribution in [-0.4, -0.2) is 24.5 Å². The second-order valence-corrected chi connectivity index (χ2v) is 4.23. The van der Waals surface area contributed by atoms with Crippen LogP contribution in [0.1, 0.15) is 25.0 Å². The number of esters is 1. The van der Waals surface area contributed by atoms with Gasteiger partial charge in [0.1, 0.15) is 6.04 Å². The molecule has 0 spiro atoms. The molecule has 4 nitrogen and oxygen atoms in total. The fraction of sp³-hybridized carbons (Fsp3) is 0.333. The summed E-state index contributed by atoms with van der Waals surface area (Å²) in [5.41, 5.74) is 2.07. The molecule has 19 heavy (non-hydrogen) atoms. The Labute approximate surface area is 113 Å². The molecule has 1 aromatic carbocycles. The first-order chi connectivity index (χ1) is 9.02. The van der Waals surface area contributed by atoms with Crippen LogP contribution in [0.4, 0.5) is 0 Å². The van der Waals surface area contributed by atoms with Gasteiger partial charge in [0.25, 0.3) is 0 Å². The van der Waals surface area contributed by atoms with E-state index in [1.165, 1.54) is 6.08 Å². The Bertz CT molecular complexity index is 480. The van der Waals surface area contributed by atoms with Crippen molar-refractivity contribution in [3.63, 3.8) is 0 Å². The Morgan fingerprint density at radius 1 is 1.42 bits per heavy atom. The highest BCUT2D eigenvalue weighted by molar-refractivity contribution is 5.94. The Morgan fingerprint density at radius 3 is 2.79 bits per heavy atom. The number of carbonyl (C=O) groups is 2. The molecule has 0 aliphatic rings. The van der Waals surface area contributed by atoms with E-state index in [0.29, 0.717) is 6.61 Å². The minimum Gasteiger partial charge on any atom is -0.464 e. The standard InChI is InChI=1S/C15H19NO3/c1-4-19-15(18)12(3)16-14(17)9-8-13-7-5-6-11(2)10-13/h5-10,12H,4H2,1-3H3,(H,16,17)/b9-8+. The molecule has 0 fully saturated rings. The van der Waals surface area contributed by atoms with Crippen molar-refractivity contribution in [1.29, 1.82) is 0 Å². The minimum absolute atomic E-state index is 0.304. The molecule has 1 rings (SSSR count). The summed E-state index contributed by atoms with van der Waals surface area (Å²) >= 11 is 0. The van der Waals surface area contributed by atoms with Gasteiger partial charge in [0.15, 0.2) is 0 Å². The number of hydrogen-bond acceptors (Lipinski definition) is 3. The number of ether oxygens (including phenoxy) is 1. The first-order valence-electron chi connectivity index (χ1n) is 6.24. The van der Waals surface area contributed by atoms with Crippen LogP contribution in [0.2, 0.25) is 0 Å². The van der Waals surface area contributed by atoms with Crippen molar-refractivity contribution in [1.82, 2.24) is 5.32 Å². The minimum atomic E-state index is -0.644. The smallest absolute Gasteiger partial charge is 0.328 e. The molecule has 0 heterocycles. The topological polar surface area (TPSA) is 55.4 Å². The number of rotatable bonds is 5. The largest absolute Gasteiger partial charge is 0.464 e. The summed E-state index contributed by atoms with van der Waals surface area (Å²) in [7, 11) is 0. The van der Waals surface area contributed by atoms with E-state index in [-0.39, 0.29) is 5.91 Å². The molecular formula is C15H19NO3. The summed E-state index contributed by atoms with van der Waals surface area (Å²) in [6.07, 6.45) is 3.12. The molecule has 0 saturated carbocycles. The van der Waals surface area contributed by atoms with Crippen LogP contribution in [0, 0.1) is 6.92 Å². The summed E-state index contributed by atoms with van der Waals surface area (Å²) in [5, 5.41) is 2.55. The molecule has 102 valence electrons.